The van der Waals surface area contributed by atoms with Crippen molar-refractivity contribution in [3.8, 4) is 0 Å². The van der Waals surface area contributed by atoms with Crippen LogP contribution in [0.3, 0.4) is 0 Å². The minimum Gasteiger partial charge on any atom is -0.351 e. The Hall–Kier alpha value is -2.11. The molecule has 1 N–H and O–H groups in total. The van der Waals surface area contributed by atoms with Crippen LogP contribution in [0.1, 0.15) is 33.6 Å². The summed E-state index contributed by atoms with van der Waals surface area (Å²) in [4.78, 5) is 23.8. The predicted octanol–water partition coefficient (Wildman–Crippen LogP) is 2.10. The highest BCUT2D eigenvalue weighted by atomic mass is 16.2. The van der Waals surface area contributed by atoms with E-state index in [9.17, 15) is 4.79 Å². The van der Waals surface area contributed by atoms with Gasteiger partial charge in [-0.1, -0.05) is 0 Å². The Labute approximate surface area is 136 Å². The molecule has 1 aliphatic rings. The van der Waals surface area contributed by atoms with Crippen molar-refractivity contribution in [3.05, 3.63) is 18.3 Å². The van der Waals surface area contributed by atoms with Crippen molar-refractivity contribution in [1.29, 1.82) is 0 Å². The van der Waals surface area contributed by atoms with Gasteiger partial charge < -0.3 is 10.2 Å². The maximum absolute atomic E-state index is 12.5. The van der Waals surface area contributed by atoms with Crippen LogP contribution in [0.2, 0.25) is 0 Å². The van der Waals surface area contributed by atoms with Crippen LogP contribution < -0.4 is 10.2 Å². The highest BCUT2D eigenvalue weighted by Gasteiger charge is 2.30. The van der Waals surface area contributed by atoms with E-state index in [1.807, 2.05) is 44.5 Å². The van der Waals surface area contributed by atoms with Gasteiger partial charge >= 0.3 is 0 Å². The summed E-state index contributed by atoms with van der Waals surface area (Å²) in [6, 6.07) is 3.87. The number of fused-ring (bicyclic) bond motifs is 1. The smallest absolute Gasteiger partial charge is 0.225 e. The van der Waals surface area contributed by atoms with Gasteiger partial charge in [-0.05, 0) is 45.7 Å². The molecule has 0 saturated carbocycles. The Bertz CT molecular complexity index is 715. The number of nitrogens with zero attached hydrogens (tertiary/aromatic N) is 4. The number of aromatic nitrogens is 3. The van der Waals surface area contributed by atoms with E-state index in [4.69, 9.17) is 4.98 Å². The van der Waals surface area contributed by atoms with Crippen molar-refractivity contribution < 1.29 is 4.79 Å². The summed E-state index contributed by atoms with van der Waals surface area (Å²) in [5, 5.41) is 3.10. The molecule has 1 atom stereocenters. The maximum atomic E-state index is 12.5. The Morgan fingerprint density at radius 3 is 2.87 bits per heavy atom. The highest BCUT2D eigenvalue weighted by Crippen LogP contribution is 2.25. The van der Waals surface area contributed by atoms with Gasteiger partial charge in [-0.2, -0.15) is 0 Å². The number of aryl methyl sites for hydroxylation is 1. The van der Waals surface area contributed by atoms with Crippen LogP contribution in [-0.4, -0.2) is 39.1 Å². The molecule has 3 rings (SSSR count). The zero-order chi connectivity index (χ0) is 16.6. The molecule has 0 spiro atoms. The molecule has 0 aromatic carbocycles. The fraction of sp³-hybridized carbons (Fsp3) is 0.588. The molecule has 124 valence electrons. The largest absolute Gasteiger partial charge is 0.351 e. The highest BCUT2D eigenvalue weighted by molar-refractivity contribution is 5.80. The third-order valence-electron chi connectivity index (χ3n) is 4.18. The fourth-order valence-electron chi connectivity index (χ4n) is 3.14. The van der Waals surface area contributed by atoms with Gasteiger partial charge in [0.15, 0.2) is 5.65 Å². The average Bonchev–Trinajstić information content (AvgIpc) is 2.83. The normalized spacial score (nSPS) is 19.1. The van der Waals surface area contributed by atoms with E-state index in [0.717, 1.165) is 36.5 Å². The Kier molecular flexibility index (Phi) is 4.00. The number of hydrogen-bond acceptors (Lipinski definition) is 4. The zero-order valence-electron chi connectivity index (χ0n) is 14.3. The zero-order valence-corrected chi connectivity index (χ0v) is 14.3. The number of imidazole rings is 1. The second kappa shape index (κ2) is 5.83. The first-order valence-corrected chi connectivity index (χ1v) is 8.19. The second-order valence-corrected chi connectivity index (χ2v) is 7.34. The quantitative estimate of drug-likeness (QED) is 0.922. The van der Waals surface area contributed by atoms with Gasteiger partial charge in [-0.15, -0.1) is 0 Å². The van der Waals surface area contributed by atoms with Crippen LogP contribution in [0.5, 0.6) is 0 Å². The third kappa shape index (κ3) is 3.30. The monoisotopic (exact) mass is 315 g/mol. The van der Waals surface area contributed by atoms with E-state index in [1.165, 1.54) is 0 Å². The van der Waals surface area contributed by atoms with Crippen LogP contribution in [0.25, 0.3) is 11.2 Å². The third-order valence-corrected chi connectivity index (χ3v) is 4.18. The SMILES string of the molecule is Cn1c(N2CCCC(C(=O)NC(C)(C)C)C2)nc2cccnc21. The van der Waals surface area contributed by atoms with Gasteiger partial charge in [-0.25, -0.2) is 9.97 Å². The van der Waals surface area contributed by atoms with Gasteiger partial charge in [0.1, 0.15) is 5.52 Å². The average molecular weight is 315 g/mol. The lowest BCUT2D eigenvalue weighted by Gasteiger charge is -2.34. The summed E-state index contributed by atoms with van der Waals surface area (Å²) in [5.74, 6) is 1.04. The molecule has 6 heteroatoms. The number of rotatable bonds is 2. The lowest BCUT2D eigenvalue weighted by atomic mass is 9.96. The Morgan fingerprint density at radius 1 is 1.39 bits per heavy atom. The fourth-order valence-corrected chi connectivity index (χ4v) is 3.14. The maximum Gasteiger partial charge on any atom is 0.225 e. The van der Waals surface area contributed by atoms with Crippen molar-refractivity contribution in [2.75, 3.05) is 18.0 Å². The second-order valence-electron chi connectivity index (χ2n) is 7.34. The molecule has 1 unspecified atom stereocenters. The minimum absolute atomic E-state index is 0.00995. The molecule has 1 aliphatic heterocycles. The summed E-state index contributed by atoms with van der Waals surface area (Å²) < 4.78 is 2.01. The summed E-state index contributed by atoms with van der Waals surface area (Å²) in [7, 11) is 1.98. The van der Waals surface area contributed by atoms with Gasteiger partial charge in [0.2, 0.25) is 11.9 Å². The molecule has 0 bridgehead atoms. The molecule has 1 amide bonds. The van der Waals surface area contributed by atoms with Crippen LogP contribution in [0.4, 0.5) is 5.95 Å². The van der Waals surface area contributed by atoms with Gasteiger partial charge in [0.25, 0.3) is 0 Å². The van der Waals surface area contributed by atoms with Crippen LogP contribution in [0.15, 0.2) is 18.3 Å². The number of pyridine rings is 1. The van der Waals surface area contributed by atoms with Crippen LogP contribution in [-0.2, 0) is 11.8 Å². The van der Waals surface area contributed by atoms with E-state index in [-0.39, 0.29) is 17.4 Å². The van der Waals surface area contributed by atoms with Gasteiger partial charge in [-0.3, -0.25) is 9.36 Å². The van der Waals surface area contributed by atoms with Crippen molar-refractivity contribution in [2.45, 2.75) is 39.2 Å². The molecule has 6 nitrogen and oxygen atoms in total. The molecule has 3 heterocycles. The molecule has 2 aromatic heterocycles. The molecular formula is C17H25N5O. The van der Waals surface area contributed by atoms with Crippen molar-refractivity contribution in [2.24, 2.45) is 13.0 Å². The number of anilines is 1. The first kappa shape index (κ1) is 15.8. The molecule has 0 aliphatic carbocycles. The molecule has 1 fully saturated rings. The minimum atomic E-state index is -0.193. The first-order valence-electron chi connectivity index (χ1n) is 8.19. The number of piperidine rings is 1. The van der Waals surface area contributed by atoms with Crippen molar-refractivity contribution in [3.63, 3.8) is 0 Å². The number of nitrogens with one attached hydrogen (secondary N) is 1. The molecule has 1 saturated heterocycles. The van der Waals surface area contributed by atoms with Crippen molar-refractivity contribution in [1.82, 2.24) is 19.9 Å². The number of carbonyl (C=O) groups is 1. The molecule has 23 heavy (non-hydrogen) atoms. The standard InChI is InChI=1S/C17H25N5O/c1-17(2,3)20-15(23)12-7-6-10-22(11-12)16-19-13-8-5-9-18-14(13)21(16)4/h5,8-9,12H,6-7,10-11H2,1-4H3,(H,20,23). The lowest BCUT2D eigenvalue weighted by molar-refractivity contribution is -0.126. The molecular weight excluding hydrogens is 290 g/mol. The molecule has 2 aromatic rings. The topological polar surface area (TPSA) is 63.1 Å². The Balaban J connectivity index is 1.80. The predicted molar refractivity (Wildman–Crippen MR) is 91.3 cm³/mol. The first-order chi connectivity index (χ1) is 10.8. The number of hydrogen-bond donors (Lipinski definition) is 1. The van der Waals surface area contributed by atoms with Crippen LogP contribution >= 0.6 is 0 Å². The van der Waals surface area contributed by atoms with E-state index in [2.05, 4.69) is 15.2 Å². The van der Waals surface area contributed by atoms with Crippen LogP contribution in [0, 0.1) is 5.92 Å². The summed E-state index contributed by atoms with van der Waals surface area (Å²) in [6.07, 6.45) is 3.71. The summed E-state index contributed by atoms with van der Waals surface area (Å²) in [6.45, 7) is 7.68. The molecule has 0 radical (unpaired) electrons. The Morgan fingerprint density at radius 2 is 2.17 bits per heavy atom. The van der Waals surface area contributed by atoms with Crippen molar-refractivity contribution >= 4 is 23.0 Å². The van der Waals surface area contributed by atoms with E-state index < -0.39 is 0 Å². The van der Waals surface area contributed by atoms with Gasteiger partial charge in [0.05, 0.1) is 5.92 Å². The van der Waals surface area contributed by atoms with E-state index in [1.54, 1.807) is 6.20 Å². The van der Waals surface area contributed by atoms with Gasteiger partial charge in [0, 0.05) is 31.9 Å². The van der Waals surface area contributed by atoms with E-state index >= 15 is 0 Å². The van der Waals surface area contributed by atoms with E-state index in [0.29, 0.717) is 6.54 Å². The number of amides is 1. The summed E-state index contributed by atoms with van der Waals surface area (Å²) >= 11 is 0. The number of carbonyl (C=O) groups excluding carboxylic acids is 1. The lowest BCUT2D eigenvalue weighted by Crippen LogP contribution is -2.49. The summed E-state index contributed by atoms with van der Waals surface area (Å²) in [5.41, 5.74) is 1.58.